The van der Waals surface area contributed by atoms with Gasteiger partial charge in [0.25, 0.3) is 0 Å². The first-order valence-corrected chi connectivity index (χ1v) is 14.1. The molecule has 0 radical (unpaired) electrons. The third kappa shape index (κ3) is 4.64. The lowest BCUT2D eigenvalue weighted by atomic mass is 9.94. The van der Waals surface area contributed by atoms with Gasteiger partial charge in [-0.1, -0.05) is 25.3 Å². The molecule has 2 saturated heterocycles. The van der Waals surface area contributed by atoms with Crippen LogP contribution >= 0.6 is 12.2 Å². The Morgan fingerprint density at radius 2 is 1.68 bits per heavy atom. The number of rotatable bonds is 5. The molecular formula is C30H37N5OS. The van der Waals surface area contributed by atoms with Gasteiger partial charge in [-0.15, -0.1) is 0 Å². The maximum Gasteiger partial charge on any atom is 0.174 e. The highest BCUT2D eigenvalue weighted by Gasteiger charge is 2.42. The summed E-state index contributed by atoms with van der Waals surface area (Å²) in [5.74, 6) is 0. The number of nitrogens with one attached hydrogen (secondary N) is 1. The monoisotopic (exact) mass is 515 g/mol. The number of nitrogens with zero attached hydrogens (tertiary/aromatic N) is 4. The number of aryl methyl sites for hydroxylation is 1. The molecule has 0 bridgehead atoms. The largest absolute Gasteiger partial charge is 0.378 e. The van der Waals surface area contributed by atoms with Gasteiger partial charge in [0, 0.05) is 48.1 Å². The van der Waals surface area contributed by atoms with Gasteiger partial charge in [0.15, 0.2) is 5.11 Å². The standard InChI is InChI=1S/C30H37N5OS/c1-21-20-26(22(2)34(21)24-8-4-3-5-9-24)29-28(27-10-6-7-15-31-27)32-30(37)35(29)25-13-11-23(12-14-25)33-16-18-36-19-17-33/h6-7,10-15,20,24,28-29H,3-5,8-9,16-19H2,1-2H3,(H,32,37)/t28-,29-/m0/s1. The van der Waals surface area contributed by atoms with E-state index >= 15 is 0 Å². The molecule has 1 aliphatic carbocycles. The minimum absolute atomic E-state index is 0.0204. The first kappa shape index (κ1) is 24.4. The zero-order valence-electron chi connectivity index (χ0n) is 21.9. The number of pyridine rings is 1. The summed E-state index contributed by atoms with van der Waals surface area (Å²) >= 11 is 6.00. The summed E-state index contributed by atoms with van der Waals surface area (Å²) < 4.78 is 8.14. The fourth-order valence-electron chi connectivity index (χ4n) is 6.60. The topological polar surface area (TPSA) is 45.6 Å². The lowest BCUT2D eigenvalue weighted by Crippen LogP contribution is -2.36. The Bertz CT molecular complexity index is 1230. The first-order chi connectivity index (χ1) is 18.1. The van der Waals surface area contributed by atoms with E-state index in [0.717, 1.165) is 42.8 Å². The lowest BCUT2D eigenvalue weighted by molar-refractivity contribution is 0.122. The molecule has 0 amide bonds. The Balaban J connectivity index is 1.40. The van der Waals surface area contributed by atoms with Gasteiger partial charge in [-0.25, -0.2) is 0 Å². The van der Waals surface area contributed by atoms with E-state index in [1.54, 1.807) is 0 Å². The van der Waals surface area contributed by atoms with Crippen molar-refractivity contribution in [3.63, 3.8) is 0 Å². The van der Waals surface area contributed by atoms with E-state index in [-0.39, 0.29) is 12.1 Å². The Morgan fingerprint density at radius 3 is 2.38 bits per heavy atom. The van der Waals surface area contributed by atoms with Crippen LogP contribution in [0.2, 0.25) is 0 Å². The number of hydrogen-bond donors (Lipinski definition) is 1. The van der Waals surface area contributed by atoms with Crippen LogP contribution in [0.1, 0.15) is 72.9 Å². The molecule has 3 aliphatic rings. The van der Waals surface area contributed by atoms with Gasteiger partial charge in [0.2, 0.25) is 0 Å². The summed E-state index contributed by atoms with van der Waals surface area (Å²) in [4.78, 5) is 9.45. The number of benzene rings is 1. The molecule has 3 fully saturated rings. The van der Waals surface area contributed by atoms with Gasteiger partial charge in [-0.05, 0) is 86.9 Å². The number of aromatic nitrogens is 2. The molecular weight excluding hydrogens is 478 g/mol. The normalized spacial score (nSPS) is 22.9. The Labute approximate surface area is 225 Å². The van der Waals surface area contributed by atoms with Crippen molar-refractivity contribution in [2.45, 2.75) is 64.1 Å². The van der Waals surface area contributed by atoms with Crippen LogP contribution in [-0.4, -0.2) is 41.0 Å². The quantitative estimate of drug-likeness (QED) is 0.420. The molecule has 37 heavy (non-hydrogen) atoms. The van der Waals surface area contributed by atoms with Crippen LogP contribution in [0, 0.1) is 13.8 Å². The van der Waals surface area contributed by atoms with Crippen molar-refractivity contribution in [1.82, 2.24) is 14.9 Å². The third-order valence-corrected chi connectivity index (χ3v) is 8.70. The lowest BCUT2D eigenvalue weighted by Gasteiger charge is -2.31. The third-order valence-electron chi connectivity index (χ3n) is 8.38. The van der Waals surface area contributed by atoms with Crippen molar-refractivity contribution in [3.05, 3.63) is 77.4 Å². The number of hydrogen-bond acceptors (Lipinski definition) is 4. The second-order valence-electron chi connectivity index (χ2n) is 10.6. The van der Waals surface area contributed by atoms with Crippen molar-refractivity contribution in [1.29, 1.82) is 0 Å². The minimum atomic E-state index is -0.0204. The van der Waals surface area contributed by atoms with Crippen molar-refractivity contribution < 1.29 is 4.74 Å². The molecule has 6 nitrogen and oxygen atoms in total. The highest BCUT2D eigenvalue weighted by atomic mass is 32.1. The summed E-state index contributed by atoms with van der Waals surface area (Å²) in [6, 6.07) is 18.0. The van der Waals surface area contributed by atoms with Gasteiger partial charge in [-0.3, -0.25) is 4.98 Å². The van der Waals surface area contributed by atoms with E-state index in [1.807, 2.05) is 12.3 Å². The second kappa shape index (κ2) is 10.5. The van der Waals surface area contributed by atoms with Gasteiger partial charge < -0.3 is 24.4 Å². The average molecular weight is 516 g/mol. The molecule has 7 heteroatoms. The average Bonchev–Trinajstić information content (AvgIpc) is 3.45. The van der Waals surface area contributed by atoms with Crippen LogP contribution in [-0.2, 0) is 4.74 Å². The fraction of sp³-hybridized carbons (Fsp3) is 0.467. The predicted molar refractivity (Wildman–Crippen MR) is 153 cm³/mol. The Morgan fingerprint density at radius 1 is 0.946 bits per heavy atom. The molecule has 2 aliphatic heterocycles. The highest BCUT2D eigenvalue weighted by molar-refractivity contribution is 7.80. The van der Waals surface area contributed by atoms with Crippen molar-refractivity contribution >= 4 is 28.7 Å². The maximum atomic E-state index is 6.00. The molecule has 3 aromatic rings. The fourth-order valence-corrected chi connectivity index (χ4v) is 6.94. The van der Waals surface area contributed by atoms with E-state index in [0.29, 0.717) is 6.04 Å². The zero-order valence-corrected chi connectivity index (χ0v) is 22.7. The van der Waals surface area contributed by atoms with Crippen molar-refractivity contribution in [2.24, 2.45) is 0 Å². The molecule has 4 heterocycles. The van der Waals surface area contributed by atoms with Crippen LogP contribution in [0.15, 0.2) is 54.7 Å². The smallest absolute Gasteiger partial charge is 0.174 e. The van der Waals surface area contributed by atoms with Crippen LogP contribution < -0.4 is 15.1 Å². The molecule has 2 atom stereocenters. The molecule has 1 aromatic carbocycles. The van der Waals surface area contributed by atoms with Gasteiger partial charge in [0.1, 0.15) is 0 Å². The van der Waals surface area contributed by atoms with E-state index in [4.69, 9.17) is 21.9 Å². The summed E-state index contributed by atoms with van der Waals surface area (Å²) in [6.07, 6.45) is 8.43. The highest BCUT2D eigenvalue weighted by Crippen LogP contribution is 2.44. The van der Waals surface area contributed by atoms with Crippen LogP contribution in [0.3, 0.4) is 0 Å². The van der Waals surface area contributed by atoms with Gasteiger partial charge in [0.05, 0.1) is 31.0 Å². The van der Waals surface area contributed by atoms with E-state index in [2.05, 4.69) is 76.0 Å². The molecule has 2 aromatic heterocycles. The van der Waals surface area contributed by atoms with E-state index < -0.39 is 0 Å². The van der Waals surface area contributed by atoms with Crippen LogP contribution in [0.5, 0.6) is 0 Å². The van der Waals surface area contributed by atoms with Crippen LogP contribution in [0.4, 0.5) is 11.4 Å². The molecule has 1 saturated carbocycles. The van der Waals surface area contributed by atoms with Crippen molar-refractivity contribution in [2.75, 3.05) is 36.1 Å². The van der Waals surface area contributed by atoms with Gasteiger partial charge >= 0.3 is 0 Å². The molecule has 1 N–H and O–H groups in total. The van der Waals surface area contributed by atoms with E-state index in [1.165, 1.54) is 54.7 Å². The number of thiocarbonyl (C=S) groups is 1. The Kier molecular flexibility index (Phi) is 6.91. The van der Waals surface area contributed by atoms with E-state index in [9.17, 15) is 0 Å². The van der Waals surface area contributed by atoms with Gasteiger partial charge in [-0.2, -0.15) is 0 Å². The minimum Gasteiger partial charge on any atom is -0.378 e. The maximum absolute atomic E-state index is 6.00. The molecule has 194 valence electrons. The summed E-state index contributed by atoms with van der Waals surface area (Å²) in [5.41, 5.74) is 7.41. The first-order valence-electron chi connectivity index (χ1n) is 13.7. The SMILES string of the molecule is Cc1cc([C@H]2[C@H](c3ccccn3)NC(=S)N2c2ccc(N3CCOCC3)cc2)c(C)n1C1CCCCC1. The summed E-state index contributed by atoms with van der Waals surface area (Å²) in [7, 11) is 0. The molecule has 0 unspecified atom stereocenters. The predicted octanol–water partition coefficient (Wildman–Crippen LogP) is 6.02. The van der Waals surface area contributed by atoms with Crippen LogP contribution in [0.25, 0.3) is 0 Å². The number of ether oxygens (including phenoxy) is 1. The number of morpholine rings is 1. The summed E-state index contributed by atoms with van der Waals surface area (Å²) in [5, 5.41) is 4.39. The Hall–Kier alpha value is -2.90. The molecule has 6 rings (SSSR count). The summed E-state index contributed by atoms with van der Waals surface area (Å²) in [6.45, 7) is 8.00. The number of anilines is 2. The molecule has 0 spiro atoms. The zero-order chi connectivity index (χ0) is 25.4. The van der Waals surface area contributed by atoms with Crippen molar-refractivity contribution in [3.8, 4) is 0 Å². The second-order valence-corrected chi connectivity index (χ2v) is 11.0.